The lowest BCUT2D eigenvalue weighted by atomic mass is 10.1. The van der Waals surface area contributed by atoms with Gasteiger partial charge in [-0.25, -0.2) is 0 Å². The zero-order valence-electron chi connectivity index (χ0n) is 8.11. The summed E-state index contributed by atoms with van der Waals surface area (Å²) in [5, 5.41) is 0. The first-order chi connectivity index (χ1) is 7.09. The molecule has 1 aromatic carbocycles. The van der Waals surface area contributed by atoms with E-state index in [0.717, 1.165) is 5.56 Å². The molecule has 4 heteroatoms. The van der Waals surface area contributed by atoms with E-state index in [4.69, 9.17) is 27.9 Å². The van der Waals surface area contributed by atoms with Crippen LogP contribution in [0.2, 0.25) is 0 Å². The highest BCUT2D eigenvalue weighted by Gasteiger charge is 2.11. The monoisotopic (exact) mass is 244 g/mol. The van der Waals surface area contributed by atoms with E-state index in [1.807, 2.05) is 30.3 Å². The summed E-state index contributed by atoms with van der Waals surface area (Å²) in [6.45, 7) is 1.34. The molecule has 80 valence electrons. The van der Waals surface area contributed by atoms with Crippen LogP contribution < -0.4 is 0 Å². The third-order valence-corrected chi connectivity index (χ3v) is 1.95. The number of carbonyl (C=O) groups is 1. The molecule has 0 aliphatic rings. The quantitative estimate of drug-likeness (QED) is 0.760. The van der Waals surface area contributed by atoms with Crippen molar-refractivity contribution < 1.29 is 9.53 Å². The molecule has 0 fully saturated rings. The van der Waals surface area contributed by atoms with E-state index in [9.17, 15) is 4.79 Å². The molecular weight excluding hydrogens is 235 g/mol. The van der Waals surface area contributed by atoms with Gasteiger partial charge in [0, 0.05) is 6.92 Å². The van der Waals surface area contributed by atoms with Crippen LogP contribution in [0, 0.1) is 0 Å². The van der Waals surface area contributed by atoms with E-state index in [0.29, 0.717) is 0 Å². The number of rotatable bonds is 3. The molecule has 0 aliphatic heterocycles. The smallest absolute Gasteiger partial charge is 0.303 e. The summed E-state index contributed by atoms with van der Waals surface area (Å²) in [7, 11) is 0. The topological polar surface area (TPSA) is 26.3 Å². The Morgan fingerprint density at radius 3 is 2.40 bits per heavy atom. The maximum Gasteiger partial charge on any atom is 0.303 e. The first-order valence-corrected chi connectivity index (χ1v) is 5.10. The lowest BCUT2D eigenvalue weighted by Crippen LogP contribution is -2.06. The second-order valence-electron chi connectivity index (χ2n) is 2.90. The number of halogens is 2. The van der Waals surface area contributed by atoms with E-state index >= 15 is 0 Å². The molecule has 0 bridgehead atoms. The van der Waals surface area contributed by atoms with Crippen molar-refractivity contribution in [2.75, 3.05) is 0 Å². The minimum Gasteiger partial charge on any atom is -0.453 e. The molecule has 0 aromatic heterocycles. The van der Waals surface area contributed by atoms with Gasteiger partial charge in [0.05, 0.1) is 0 Å². The number of ether oxygens (including phenoxy) is 1. The van der Waals surface area contributed by atoms with Crippen LogP contribution in [0.3, 0.4) is 0 Å². The van der Waals surface area contributed by atoms with Crippen molar-refractivity contribution in [2.45, 2.75) is 13.0 Å². The highest BCUT2D eigenvalue weighted by atomic mass is 35.5. The molecule has 0 N–H and O–H groups in total. The third kappa shape index (κ3) is 4.36. The molecule has 0 unspecified atom stereocenters. The van der Waals surface area contributed by atoms with Crippen molar-refractivity contribution in [1.82, 2.24) is 0 Å². The number of hydrogen-bond acceptors (Lipinski definition) is 2. The highest BCUT2D eigenvalue weighted by Crippen LogP contribution is 2.23. The summed E-state index contributed by atoms with van der Waals surface area (Å²) in [4.78, 5) is 10.9. The van der Waals surface area contributed by atoms with Gasteiger partial charge < -0.3 is 4.74 Å². The molecule has 0 saturated heterocycles. The molecule has 2 nitrogen and oxygen atoms in total. The Kier molecular flexibility index (Phi) is 4.66. The van der Waals surface area contributed by atoms with Crippen LogP contribution in [0.5, 0.6) is 0 Å². The van der Waals surface area contributed by atoms with Gasteiger partial charge in [0.2, 0.25) is 0 Å². The van der Waals surface area contributed by atoms with Crippen LogP contribution in [0.1, 0.15) is 18.6 Å². The van der Waals surface area contributed by atoms with Gasteiger partial charge in [-0.15, -0.1) is 0 Å². The Bertz CT molecular complexity index is 356. The molecule has 15 heavy (non-hydrogen) atoms. The average molecular weight is 245 g/mol. The average Bonchev–Trinajstić information content (AvgIpc) is 2.17. The summed E-state index contributed by atoms with van der Waals surface area (Å²) in [5.74, 6) is -0.380. The van der Waals surface area contributed by atoms with Gasteiger partial charge in [-0.3, -0.25) is 4.79 Å². The van der Waals surface area contributed by atoms with Crippen molar-refractivity contribution >= 4 is 29.2 Å². The summed E-state index contributed by atoms with van der Waals surface area (Å²) < 4.78 is 5.14. The van der Waals surface area contributed by atoms with E-state index in [-0.39, 0.29) is 10.5 Å². The third-order valence-electron chi connectivity index (χ3n) is 1.70. The Hall–Kier alpha value is -0.990. The van der Waals surface area contributed by atoms with Crippen LogP contribution in [-0.2, 0) is 9.53 Å². The first-order valence-electron chi connectivity index (χ1n) is 4.34. The molecule has 1 rings (SSSR count). The molecule has 0 radical (unpaired) electrons. The number of carbonyl (C=O) groups excluding carboxylic acids is 1. The fourth-order valence-corrected chi connectivity index (χ4v) is 1.36. The summed E-state index contributed by atoms with van der Waals surface area (Å²) in [6, 6.07) is 9.24. The Labute approximate surface area is 98.4 Å². The number of benzene rings is 1. The first kappa shape index (κ1) is 12.1. The highest BCUT2D eigenvalue weighted by molar-refractivity contribution is 6.55. The molecule has 0 spiro atoms. The molecule has 1 aromatic rings. The van der Waals surface area contributed by atoms with Crippen molar-refractivity contribution in [2.24, 2.45) is 0 Å². The maximum atomic E-state index is 10.9. The molecule has 0 aliphatic carbocycles. The molecule has 0 saturated carbocycles. The number of hydrogen-bond donors (Lipinski definition) is 0. The summed E-state index contributed by atoms with van der Waals surface area (Å²) in [6.07, 6.45) is 0.938. The zero-order chi connectivity index (χ0) is 11.3. The predicted octanol–water partition coefficient (Wildman–Crippen LogP) is 3.61. The van der Waals surface area contributed by atoms with Gasteiger partial charge >= 0.3 is 5.97 Å². The largest absolute Gasteiger partial charge is 0.453 e. The second-order valence-corrected chi connectivity index (χ2v) is 3.90. The van der Waals surface area contributed by atoms with Crippen LogP contribution in [0.15, 0.2) is 40.9 Å². The van der Waals surface area contributed by atoms with E-state index in [1.165, 1.54) is 13.0 Å². The fraction of sp³-hybridized carbons (Fsp3) is 0.182. The second kappa shape index (κ2) is 5.79. The molecule has 0 amide bonds. The maximum absolute atomic E-state index is 10.9. The van der Waals surface area contributed by atoms with Crippen LogP contribution in [0.25, 0.3) is 0 Å². The minimum absolute atomic E-state index is 0.0742. The van der Waals surface area contributed by atoms with Gasteiger partial charge in [0.25, 0.3) is 0 Å². The van der Waals surface area contributed by atoms with Crippen molar-refractivity contribution in [3.8, 4) is 0 Å². The van der Waals surface area contributed by atoms with E-state index < -0.39 is 6.10 Å². The Balaban J connectivity index is 2.91. The predicted molar refractivity (Wildman–Crippen MR) is 60.7 cm³/mol. The summed E-state index contributed by atoms with van der Waals surface area (Å²) in [5.41, 5.74) is 0.825. The van der Waals surface area contributed by atoms with Gasteiger partial charge in [0.1, 0.15) is 10.6 Å². The van der Waals surface area contributed by atoms with Gasteiger partial charge in [0.15, 0.2) is 0 Å². The van der Waals surface area contributed by atoms with Crippen LogP contribution in [-0.4, -0.2) is 5.97 Å². The van der Waals surface area contributed by atoms with Crippen molar-refractivity contribution in [3.63, 3.8) is 0 Å². The normalized spacial score (nSPS) is 11.7. The van der Waals surface area contributed by atoms with Crippen molar-refractivity contribution in [1.29, 1.82) is 0 Å². The standard InChI is InChI=1S/C11H10Cl2O2/c1-8(14)15-10(7-11(12)13)9-5-3-2-4-6-9/h2-7,10H,1H3/t10-/m1/s1. The molecule has 1 atom stereocenters. The molecule has 0 heterocycles. The minimum atomic E-state index is -0.534. The van der Waals surface area contributed by atoms with Crippen LogP contribution in [0.4, 0.5) is 0 Å². The van der Waals surface area contributed by atoms with Gasteiger partial charge in [-0.2, -0.15) is 0 Å². The fourth-order valence-electron chi connectivity index (χ4n) is 1.13. The van der Waals surface area contributed by atoms with E-state index in [1.54, 1.807) is 0 Å². The van der Waals surface area contributed by atoms with Crippen molar-refractivity contribution in [3.05, 3.63) is 46.5 Å². The van der Waals surface area contributed by atoms with E-state index in [2.05, 4.69) is 0 Å². The lowest BCUT2D eigenvalue weighted by Gasteiger charge is -2.13. The Morgan fingerprint density at radius 2 is 1.93 bits per heavy atom. The van der Waals surface area contributed by atoms with Gasteiger partial charge in [-0.05, 0) is 11.6 Å². The van der Waals surface area contributed by atoms with Crippen LogP contribution >= 0.6 is 23.2 Å². The van der Waals surface area contributed by atoms with Gasteiger partial charge in [-0.1, -0.05) is 53.5 Å². The zero-order valence-corrected chi connectivity index (χ0v) is 9.63. The molecular formula is C11H10Cl2O2. The Morgan fingerprint density at radius 1 is 1.33 bits per heavy atom. The lowest BCUT2D eigenvalue weighted by molar-refractivity contribution is -0.144. The summed E-state index contributed by atoms with van der Waals surface area (Å²) >= 11 is 11.1. The SMILES string of the molecule is CC(=O)O[C@H](C=C(Cl)Cl)c1ccccc1. The number of esters is 1.